The van der Waals surface area contributed by atoms with Crippen molar-refractivity contribution in [2.75, 3.05) is 12.9 Å². The van der Waals surface area contributed by atoms with E-state index in [0.29, 0.717) is 29.3 Å². The first-order chi connectivity index (χ1) is 17.5. The first kappa shape index (κ1) is 26.3. The summed E-state index contributed by atoms with van der Waals surface area (Å²) in [5.74, 6) is 6.75. The van der Waals surface area contributed by atoms with Gasteiger partial charge in [-0.05, 0) is 75.1 Å². The molecule has 1 aliphatic rings. The molecule has 3 aromatic rings. The lowest BCUT2D eigenvalue weighted by molar-refractivity contribution is -0.126. The summed E-state index contributed by atoms with van der Waals surface area (Å²) in [6, 6.07) is 12.3. The molecule has 11 heteroatoms. The number of nitrogens with zero attached hydrogens (tertiary/aromatic N) is 4. The summed E-state index contributed by atoms with van der Waals surface area (Å²) in [4.78, 5) is 44.0. The number of nitrogen functional groups attached to an aromatic ring is 1. The van der Waals surface area contributed by atoms with Crippen LogP contribution in [0.4, 0.5) is 5.69 Å². The van der Waals surface area contributed by atoms with Crippen molar-refractivity contribution in [1.82, 2.24) is 19.1 Å². The Labute approximate surface area is 218 Å². The predicted octanol–water partition coefficient (Wildman–Crippen LogP) is 2.08. The molecule has 1 aliphatic carbocycles. The van der Waals surface area contributed by atoms with Crippen molar-refractivity contribution >= 4 is 23.2 Å². The van der Waals surface area contributed by atoms with Crippen molar-refractivity contribution in [2.24, 2.45) is 10.4 Å². The fraction of sp³-hybridized carbons (Fsp3) is 0.385. The Kier molecular flexibility index (Phi) is 7.31. The fourth-order valence-corrected chi connectivity index (χ4v) is 4.33. The summed E-state index contributed by atoms with van der Waals surface area (Å²) in [5, 5.41) is 3.18. The molecule has 196 valence electrons. The highest BCUT2D eigenvalue weighted by Crippen LogP contribution is 2.46. The second kappa shape index (κ2) is 10.3. The van der Waals surface area contributed by atoms with Crippen LogP contribution in [0.1, 0.15) is 37.8 Å². The number of amides is 1. The van der Waals surface area contributed by atoms with Gasteiger partial charge in [-0.3, -0.25) is 9.36 Å². The number of benzene rings is 2. The van der Waals surface area contributed by atoms with E-state index in [-0.39, 0.29) is 30.7 Å². The average Bonchev–Trinajstić information content (AvgIpc) is 3.65. The summed E-state index contributed by atoms with van der Waals surface area (Å²) in [6.07, 6.45) is 1.17. The van der Waals surface area contributed by atoms with Crippen molar-refractivity contribution in [2.45, 2.75) is 52.8 Å². The number of ether oxygens (including phenoxy) is 1. The highest BCUT2D eigenvalue weighted by molar-refractivity contribution is 6.30. The minimum absolute atomic E-state index is 0.00869. The van der Waals surface area contributed by atoms with Gasteiger partial charge in [-0.25, -0.2) is 19.1 Å². The van der Waals surface area contributed by atoms with Gasteiger partial charge in [0.2, 0.25) is 11.5 Å². The Morgan fingerprint density at radius 1 is 1.14 bits per heavy atom. The zero-order chi connectivity index (χ0) is 26.9. The van der Waals surface area contributed by atoms with Crippen molar-refractivity contribution in [3.63, 3.8) is 0 Å². The molecular weight excluding hydrogens is 496 g/mol. The van der Waals surface area contributed by atoms with Gasteiger partial charge in [0, 0.05) is 18.6 Å². The van der Waals surface area contributed by atoms with Crippen LogP contribution in [0, 0.1) is 12.3 Å². The minimum atomic E-state index is -0.801. The third-order valence-electron chi connectivity index (χ3n) is 6.38. The van der Waals surface area contributed by atoms with Gasteiger partial charge in [-0.15, -0.1) is 0 Å². The van der Waals surface area contributed by atoms with Gasteiger partial charge in [0.15, 0.2) is 0 Å². The van der Waals surface area contributed by atoms with E-state index in [1.165, 1.54) is 11.6 Å². The predicted molar refractivity (Wildman–Crippen MR) is 142 cm³/mol. The number of hydrogen-bond donors (Lipinski definition) is 2. The van der Waals surface area contributed by atoms with Crippen LogP contribution in [0.2, 0.25) is 5.02 Å². The Morgan fingerprint density at radius 3 is 2.38 bits per heavy atom. The molecule has 2 aromatic carbocycles. The van der Waals surface area contributed by atoms with Crippen LogP contribution in [-0.4, -0.2) is 32.9 Å². The van der Waals surface area contributed by atoms with Crippen LogP contribution in [0.5, 0.6) is 5.75 Å². The molecule has 10 nitrogen and oxygen atoms in total. The third kappa shape index (κ3) is 5.48. The molecule has 1 saturated carbocycles. The molecular formula is C26H31ClN6O4. The largest absolute Gasteiger partial charge is 0.491 e. The fourth-order valence-electron chi connectivity index (χ4n) is 4.20. The summed E-state index contributed by atoms with van der Waals surface area (Å²) >= 11 is 6.03. The van der Waals surface area contributed by atoms with Gasteiger partial charge in [0.05, 0.1) is 23.8 Å². The zero-order valence-corrected chi connectivity index (χ0v) is 22.1. The number of carbonyl (C=O) groups is 1. The maximum Gasteiger partial charge on any atom is 0.353 e. The van der Waals surface area contributed by atoms with Gasteiger partial charge in [0.25, 0.3) is 0 Å². The Hall–Kier alpha value is -3.79. The molecule has 3 N–H and O–H groups in total. The second-order valence-corrected chi connectivity index (χ2v) is 10.1. The van der Waals surface area contributed by atoms with Crippen LogP contribution in [0.15, 0.2) is 57.0 Å². The Morgan fingerprint density at radius 2 is 1.81 bits per heavy atom. The van der Waals surface area contributed by atoms with Gasteiger partial charge in [-0.2, -0.15) is 4.68 Å². The van der Waals surface area contributed by atoms with Crippen LogP contribution in [-0.2, 0) is 17.9 Å². The average molecular weight is 527 g/mol. The van der Waals surface area contributed by atoms with Crippen molar-refractivity contribution in [3.05, 3.63) is 85.2 Å². The van der Waals surface area contributed by atoms with Gasteiger partial charge < -0.3 is 15.9 Å². The zero-order valence-electron chi connectivity index (χ0n) is 21.3. The number of rotatable bonds is 8. The van der Waals surface area contributed by atoms with Gasteiger partial charge >= 0.3 is 11.4 Å². The van der Waals surface area contributed by atoms with Crippen molar-refractivity contribution in [3.8, 4) is 5.75 Å². The van der Waals surface area contributed by atoms with E-state index in [0.717, 1.165) is 20.4 Å². The smallest absolute Gasteiger partial charge is 0.353 e. The highest BCUT2D eigenvalue weighted by Gasteiger charge is 2.50. The lowest BCUT2D eigenvalue weighted by Crippen LogP contribution is -2.58. The van der Waals surface area contributed by atoms with E-state index in [4.69, 9.17) is 22.2 Å². The quantitative estimate of drug-likeness (QED) is 0.435. The normalized spacial score (nSPS) is 14.6. The number of carbonyl (C=O) groups excluding carboxylic acids is 1. The van der Waals surface area contributed by atoms with E-state index in [1.807, 2.05) is 20.8 Å². The number of aromatic nitrogens is 3. The van der Waals surface area contributed by atoms with Crippen molar-refractivity contribution in [1.29, 1.82) is 0 Å². The first-order valence-electron chi connectivity index (χ1n) is 12.0. The third-order valence-corrected chi connectivity index (χ3v) is 6.63. The molecule has 1 aromatic heterocycles. The second-order valence-electron chi connectivity index (χ2n) is 9.62. The maximum absolute atomic E-state index is 13.7. The summed E-state index contributed by atoms with van der Waals surface area (Å²) in [5.41, 5.74) is -0.0710. The highest BCUT2D eigenvalue weighted by atomic mass is 35.5. The van der Waals surface area contributed by atoms with E-state index < -0.39 is 16.8 Å². The minimum Gasteiger partial charge on any atom is -0.491 e. The number of nitrogens with two attached hydrogens (primary N) is 1. The molecule has 0 atom stereocenters. The Bertz CT molecular complexity index is 1510. The first-order valence-corrected chi connectivity index (χ1v) is 12.4. The molecule has 0 aliphatic heterocycles. The monoisotopic (exact) mass is 526 g/mol. The lowest BCUT2D eigenvalue weighted by atomic mass is 10.1. The molecule has 1 amide bonds. The number of hydrogen-bond acceptors (Lipinski definition) is 6. The number of nitrogens with one attached hydrogen (secondary N) is 1. The van der Waals surface area contributed by atoms with E-state index in [1.54, 1.807) is 42.5 Å². The molecule has 0 radical (unpaired) electrons. The van der Waals surface area contributed by atoms with Crippen LogP contribution in [0.3, 0.4) is 0 Å². The molecule has 1 fully saturated rings. The summed E-state index contributed by atoms with van der Waals surface area (Å²) < 4.78 is 9.00. The lowest BCUT2D eigenvalue weighted by Gasteiger charge is -2.18. The molecule has 0 unspecified atom stereocenters. The van der Waals surface area contributed by atoms with E-state index in [2.05, 4.69) is 10.3 Å². The van der Waals surface area contributed by atoms with Crippen LogP contribution < -0.4 is 32.9 Å². The van der Waals surface area contributed by atoms with Crippen molar-refractivity contribution < 1.29 is 9.53 Å². The SMILES string of the molecule is CNC(=O)C1(Cn2c(=O)n(N)/c(=N\c3ccc(OC(C)C)c(C)c3)n(Cc3ccc(Cl)cc3)c2=O)CC1. The maximum atomic E-state index is 13.7. The molecule has 1 heterocycles. The molecule has 4 rings (SSSR count). The standard InChI is InChI=1S/C26H31ClN6O4/c1-16(2)37-21-10-9-20(13-17(21)3)30-23-31(14-18-5-7-19(27)8-6-18)24(35)32(25(36)33(23)28)15-26(11-12-26)22(34)29-4/h5-10,13,16H,11-12,14-15,28H2,1-4H3,(H,29,34)/b30-23-. The van der Waals surface area contributed by atoms with Gasteiger partial charge in [0.1, 0.15) is 5.75 Å². The number of halogens is 1. The molecule has 37 heavy (non-hydrogen) atoms. The van der Waals surface area contributed by atoms with Gasteiger partial charge in [-0.1, -0.05) is 23.7 Å². The molecule has 0 saturated heterocycles. The summed E-state index contributed by atoms with van der Waals surface area (Å²) in [6.45, 7) is 5.79. The number of aryl methyl sites for hydroxylation is 1. The molecule has 0 spiro atoms. The van der Waals surface area contributed by atoms with E-state index >= 15 is 0 Å². The Balaban J connectivity index is 1.89. The summed E-state index contributed by atoms with van der Waals surface area (Å²) in [7, 11) is 1.54. The van der Waals surface area contributed by atoms with E-state index in [9.17, 15) is 14.4 Å². The molecule has 0 bridgehead atoms. The topological polar surface area (TPSA) is 126 Å². The van der Waals surface area contributed by atoms with Crippen LogP contribution in [0.25, 0.3) is 0 Å². The van der Waals surface area contributed by atoms with Crippen LogP contribution >= 0.6 is 11.6 Å².